The molecular weight excluding hydrogens is 240 g/mol. The molecule has 2 aromatic rings. The Kier molecular flexibility index (Phi) is 3.23. The van der Waals surface area contributed by atoms with Gasteiger partial charge in [0.05, 0.1) is 18.4 Å². The van der Waals surface area contributed by atoms with Crippen LogP contribution in [-0.4, -0.2) is 33.5 Å². The van der Waals surface area contributed by atoms with Crippen molar-refractivity contribution in [3.63, 3.8) is 0 Å². The highest BCUT2D eigenvalue weighted by Gasteiger charge is 2.12. The summed E-state index contributed by atoms with van der Waals surface area (Å²) in [5.74, 6) is -0.159. The van der Waals surface area contributed by atoms with Gasteiger partial charge in [0.25, 0.3) is 0 Å². The van der Waals surface area contributed by atoms with Gasteiger partial charge < -0.3 is 14.4 Å². The fraction of sp³-hybridized carbons (Fsp3) is 0.273. The van der Waals surface area contributed by atoms with Crippen molar-refractivity contribution in [3.8, 4) is 5.75 Å². The number of ether oxygens (including phenoxy) is 1. The van der Waals surface area contributed by atoms with Gasteiger partial charge in [-0.25, -0.2) is 4.98 Å². The maximum absolute atomic E-state index is 10.5. The third-order valence-corrected chi connectivity index (χ3v) is 3.39. The Balaban J connectivity index is 2.45. The Morgan fingerprint density at radius 3 is 3.00 bits per heavy atom. The molecule has 1 N–H and O–H groups in total. The minimum atomic E-state index is -0.853. The summed E-state index contributed by atoms with van der Waals surface area (Å²) in [4.78, 5) is 14.9. The summed E-state index contributed by atoms with van der Waals surface area (Å²) in [5.41, 5.74) is 1.68. The molecule has 0 fully saturated rings. The third-order valence-electron chi connectivity index (χ3n) is 2.38. The van der Waals surface area contributed by atoms with Crippen molar-refractivity contribution in [1.82, 2.24) is 9.55 Å². The smallest absolute Gasteiger partial charge is 0.313 e. The number of aryl methyl sites for hydroxylation is 1. The molecule has 90 valence electrons. The van der Waals surface area contributed by atoms with Gasteiger partial charge in [-0.15, -0.1) is 0 Å². The highest BCUT2D eigenvalue weighted by atomic mass is 32.2. The summed E-state index contributed by atoms with van der Waals surface area (Å²) in [6.45, 7) is 0. The second kappa shape index (κ2) is 4.67. The van der Waals surface area contributed by atoms with Gasteiger partial charge in [0.15, 0.2) is 5.16 Å². The minimum Gasteiger partial charge on any atom is -0.494 e. The second-order valence-electron chi connectivity index (χ2n) is 3.46. The average Bonchev–Trinajstić information content (AvgIpc) is 2.64. The largest absolute Gasteiger partial charge is 0.494 e. The predicted molar refractivity (Wildman–Crippen MR) is 65.6 cm³/mol. The van der Waals surface area contributed by atoms with Crippen LogP contribution in [0, 0.1) is 0 Å². The summed E-state index contributed by atoms with van der Waals surface area (Å²) >= 11 is 1.20. The lowest BCUT2D eigenvalue weighted by atomic mass is 10.3. The predicted octanol–water partition coefficient (Wildman–Crippen LogP) is 1.76. The lowest BCUT2D eigenvalue weighted by Gasteiger charge is -2.00. The molecule has 0 bridgehead atoms. The molecule has 0 radical (unpaired) electrons. The topological polar surface area (TPSA) is 64.3 Å². The highest BCUT2D eigenvalue weighted by molar-refractivity contribution is 7.99. The Morgan fingerprint density at radius 1 is 1.59 bits per heavy atom. The zero-order valence-electron chi connectivity index (χ0n) is 9.51. The van der Waals surface area contributed by atoms with Crippen molar-refractivity contribution >= 4 is 28.8 Å². The van der Waals surface area contributed by atoms with Gasteiger partial charge in [-0.3, -0.25) is 4.79 Å². The summed E-state index contributed by atoms with van der Waals surface area (Å²) in [7, 11) is 3.45. The van der Waals surface area contributed by atoms with Crippen molar-refractivity contribution in [1.29, 1.82) is 0 Å². The molecule has 0 amide bonds. The third kappa shape index (κ3) is 2.21. The van der Waals surface area contributed by atoms with Crippen LogP contribution in [0.1, 0.15) is 0 Å². The van der Waals surface area contributed by atoms with Crippen molar-refractivity contribution < 1.29 is 14.6 Å². The van der Waals surface area contributed by atoms with Gasteiger partial charge in [-0.2, -0.15) is 0 Å². The molecule has 6 heteroatoms. The molecule has 0 spiro atoms. The molecule has 0 aliphatic carbocycles. The maximum Gasteiger partial charge on any atom is 0.313 e. The van der Waals surface area contributed by atoms with E-state index < -0.39 is 5.97 Å². The summed E-state index contributed by atoms with van der Waals surface area (Å²) in [6, 6.07) is 5.64. The fourth-order valence-electron chi connectivity index (χ4n) is 1.59. The van der Waals surface area contributed by atoms with Crippen LogP contribution in [0.4, 0.5) is 0 Å². The summed E-state index contributed by atoms with van der Waals surface area (Å²) in [5, 5.41) is 9.33. The zero-order chi connectivity index (χ0) is 12.4. The second-order valence-corrected chi connectivity index (χ2v) is 4.41. The first kappa shape index (κ1) is 11.8. The van der Waals surface area contributed by atoms with E-state index >= 15 is 0 Å². The van der Waals surface area contributed by atoms with Crippen molar-refractivity contribution in [2.45, 2.75) is 5.16 Å². The number of thioether (sulfide) groups is 1. The summed E-state index contributed by atoms with van der Waals surface area (Å²) in [6.07, 6.45) is 0. The van der Waals surface area contributed by atoms with Crippen LogP contribution in [0.5, 0.6) is 5.75 Å². The van der Waals surface area contributed by atoms with Crippen LogP contribution >= 0.6 is 11.8 Å². The first-order chi connectivity index (χ1) is 8.13. The van der Waals surface area contributed by atoms with Gasteiger partial charge in [0.2, 0.25) is 0 Å². The number of benzene rings is 1. The number of hydrogen-bond donors (Lipinski definition) is 1. The van der Waals surface area contributed by atoms with Crippen LogP contribution < -0.4 is 4.74 Å². The van der Waals surface area contributed by atoms with Crippen molar-refractivity contribution in [2.75, 3.05) is 12.9 Å². The molecule has 1 heterocycles. The van der Waals surface area contributed by atoms with E-state index in [1.54, 1.807) is 7.11 Å². The molecule has 2 rings (SSSR count). The summed E-state index contributed by atoms with van der Waals surface area (Å²) < 4.78 is 7.09. The number of para-hydroxylation sites is 1. The number of methoxy groups -OCH3 is 1. The molecule has 0 unspecified atom stereocenters. The molecule has 0 atom stereocenters. The van der Waals surface area contributed by atoms with E-state index in [1.165, 1.54) is 11.8 Å². The first-order valence-electron chi connectivity index (χ1n) is 4.97. The van der Waals surface area contributed by atoms with Crippen molar-refractivity contribution in [3.05, 3.63) is 18.2 Å². The Labute approximate surface area is 102 Å². The van der Waals surface area contributed by atoms with E-state index in [1.807, 2.05) is 29.8 Å². The van der Waals surface area contributed by atoms with E-state index in [4.69, 9.17) is 9.84 Å². The fourth-order valence-corrected chi connectivity index (χ4v) is 2.29. The number of fused-ring (bicyclic) bond motifs is 1. The van der Waals surface area contributed by atoms with Crippen LogP contribution in [0.2, 0.25) is 0 Å². The molecule has 0 saturated carbocycles. The Bertz CT molecular complexity index is 565. The van der Waals surface area contributed by atoms with Crippen molar-refractivity contribution in [2.24, 2.45) is 7.05 Å². The molecule has 1 aromatic carbocycles. The Morgan fingerprint density at radius 2 is 2.35 bits per heavy atom. The van der Waals surface area contributed by atoms with E-state index in [0.29, 0.717) is 10.9 Å². The molecule has 1 aromatic heterocycles. The van der Waals surface area contributed by atoms with Gasteiger partial charge in [0.1, 0.15) is 11.3 Å². The minimum absolute atomic E-state index is 0.000518. The molecule has 0 saturated heterocycles. The maximum atomic E-state index is 10.5. The van der Waals surface area contributed by atoms with E-state index in [-0.39, 0.29) is 5.75 Å². The Hall–Kier alpha value is -1.69. The van der Waals surface area contributed by atoms with Crippen LogP contribution in [0.3, 0.4) is 0 Å². The van der Waals surface area contributed by atoms with Crippen LogP contribution in [0.15, 0.2) is 23.4 Å². The van der Waals surface area contributed by atoms with E-state index in [0.717, 1.165) is 11.0 Å². The van der Waals surface area contributed by atoms with Gasteiger partial charge in [-0.05, 0) is 12.1 Å². The highest BCUT2D eigenvalue weighted by Crippen LogP contribution is 2.28. The van der Waals surface area contributed by atoms with Gasteiger partial charge in [0, 0.05) is 7.05 Å². The molecule has 5 nitrogen and oxygen atoms in total. The van der Waals surface area contributed by atoms with Gasteiger partial charge in [-0.1, -0.05) is 17.8 Å². The molecule has 0 aliphatic rings. The number of carboxylic acids is 1. The number of aliphatic carboxylic acids is 1. The lowest BCUT2D eigenvalue weighted by Crippen LogP contribution is -2.00. The number of rotatable bonds is 4. The zero-order valence-corrected chi connectivity index (χ0v) is 10.3. The van der Waals surface area contributed by atoms with E-state index in [2.05, 4.69) is 4.98 Å². The molecular formula is C11H12N2O3S. The normalized spacial score (nSPS) is 10.7. The number of aromatic nitrogens is 2. The quantitative estimate of drug-likeness (QED) is 0.840. The SMILES string of the molecule is COc1cccc2c1nc(SCC(=O)O)n2C. The number of hydrogen-bond acceptors (Lipinski definition) is 4. The number of carbonyl (C=O) groups is 1. The van der Waals surface area contributed by atoms with Crippen LogP contribution in [-0.2, 0) is 11.8 Å². The number of imidazole rings is 1. The van der Waals surface area contributed by atoms with Crippen LogP contribution in [0.25, 0.3) is 11.0 Å². The molecule has 0 aliphatic heterocycles. The monoisotopic (exact) mass is 252 g/mol. The standard InChI is InChI=1S/C11H12N2O3S/c1-13-7-4-3-5-8(16-2)10(7)12-11(13)17-6-9(14)15/h3-5H,6H2,1-2H3,(H,14,15). The first-order valence-corrected chi connectivity index (χ1v) is 5.96. The lowest BCUT2D eigenvalue weighted by molar-refractivity contribution is -0.133. The van der Waals surface area contributed by atoms with Gasteiger partial charge >= 0.3 is 5.97 Å². The number of carboxylic acid groups (broad SMARTS) is 1. The van der Waals surface area contributed by atoms with E-state index in [9.17, 15) is 4.79 Å². The molecule has 17 heavy (non-hydrogen) atoms. The number of nitrogens with zero attached hydrogens (tertiary/aromatic N) is 2. The average molecular weight is 252 g/mol.